The predicted octanol–water partition coefficient (Wildman–Crippen LogP) is 2.17. The number of aromatic amines is 1. The zero-order valence-corrected chi connectivity index (χ0v) is 10.3. The van der Waals surface area contributed by atoms with Crippen molar-refractivity contribution >= 4 is 5.69 Å². The van der Waals surface area contributed by atoms with E-state index in [1.165, 1.54) is 5.56 Å². The monoisotopic (exact) mass is 231 g/mol. The summed E-state index contributed by atoms with van der Waals surface area (Å²) in [6.07, 6.45) is 0. The minimum Gasteiger partial charge on any atom is -0.383 e. The molecule has 2 rings (SSSR count). The van der Waals surface area contributed by atoms with Crippen LogP contribution in [0.25, 0.3) is 0 Å². The molecule has 0 amide bonds. The van der Waals surface area contributed by atoms with E-state index in [1.807, 2.05) is 0 Å². The molecule has 1 aromatic heterocycles. The lowest BCUT2D eigenvalue weighted by molar-refractivity contribution is 0.820. The molecule has 1 unspecified atom stereocenters. The largest absolute Gasteiger partial charge is 0.383 e. The lowest BCUT2D eigenvalue weighted by Gasteiger charge is -2.12. The summed E-state index contributed by atoms with van der Waals surface area (Å²) in [6.45, 7) is 6.31. The third-order valence-electron chi connectivity index (χ3n) is 2.62. The van der Waals surface area contributed by atoms with Crippen molar-refractivity contribution in [3.8, 4) is 0 Å². The zero-order chi connectivity index (χ0) is 12.3. The van der Waals surface area contributed by atoms with Crippen molar-refractivity contribution in [1.82, 2.24) is 20.6 Å². The van der Waals surface area contributed by atoms with Crippen LogP contribution in [0.15, 0.2) is 24.3 Å². The number of nitrogens with one attached hydrogen (secondary N) is 2. The molecule has 0 bridgehead atoms. The summed E-state index contributed by atoms with van der Waals surface area (Å²) in [5, 5.41) is 17.4. The Hall–Kier alpha value is -1.91. The highest BCUT2D eigenvalue weighted by molar-refractivity contribution is 5.46. The van der Waals surface area contributed by atoms with Crippen LogP contribution in [0.2, 0.25) is 0 Å². The first-order valence-electron chi connectivity index (χ1n) is 5.76. The summed E-state index contributed by atoms with van der Waals surface area (Å²) < 4.78 is 0. The fraction of sp³-hybridized carbons (Fsp3) is 0.417. The summed E-state index contributed by atoms with van der Waals surface area (Å²) in [4.78, 5) is 0. The van der Waals surface area contributed by atoms with Gasteiger partial charge >= 0.3 is 0 Å². The van der Waals surface area contributed by atoms with Gasteiger partial charge in [0.2, 0.25) is 0 Å². The van der Waals surface area contributed by atoms with E-state index in [1.54, 1.807) is 0 Å². The fourth-order valence-electron chi connectivity index (χ4n) is 1.70. The van der Waals surface area contributed by atoms with E-state index in [9.17, 15) is 0 Å². The maximum absolute atomic E-state index is 4.00. The Morgan fingerprint density at radius 3 is 2.35 bits per heavy atom. The molecule has 17 heavy (non-hydrogen) atoms. The molecule has 0 aliphatic carbocycles. The number of hydrogen-bond donors (Lipinski definition) is 2. The summed E-state index contributed by atoms with van der Waals surface area (Å²) in [5.41, 5.74) is 2.31. The molecule has 5 nitrogen and oxygen atoms in total. The molecule has 90 valence electrons. The minimum absolute atomic E-state index is 0.154. The Morgan fingerprint density at radius 2 is 1.82 bits per heavy atom. The molecule has 1 atom stereocenters. The van der Waals surface area contributed by atoms with Gasteiger partial charge in [-0.3, -0.25) is 0 Å². The van der Waals surface area contributed by atoms with Gasteiger partial charge in [-0.15, -0.1) is 10.2 Å². The van der Waals surface area contributed by atoms with Crippen LogP contribution >= 0.6 is 0 Å². The first-order chi connectivity index (χ1) is 8.16. The minimum atomic E-state index is 0.154. The molecule has 5 heteroatoms. The molecule has 0 saturated heterocycles. The Balaban J connectivity index is 2.12. The normalized spacial score (nSPS) is 12.7. The number of rotatable bonds is 4. The predicted molar refractivity (Wildman–Crippen MR) is 66.9 cm³/mol. The average molecular weight is 231 g/mol. The Labute approximate surface area is 101 Å². The van der Waals surface area contributed by atoms with Crippen molar-refractivity contribution in [2.45, 2.75) is 32.7 Å². The molecule has 0 radical (unpaired) electrons. The van der Waals surface area contributed by atoms with Crippen LogP contribution in [0.3, 0.4) is 0 Å². The van der Waals surface area contributed by atoms with E-state index < -0.39 is 0 Å². The maximum Gasteiger partial charge on any atom is 0.181 e. The van der Waals surface area contributed by atoms with Crippen LogP contribution in [0.1, 0.15) is 38.1 Å². The second kappa shape index (κ2) is 4.95. The van der Waals surface area contributed by atoms with Crippen molar-refractivity contribution in [2.75, 3.05) is 5.32 Å². The second-order valence-electron chi connectivity index (χ2n) is 4.41. The summed E-state index contributed by atoms with van der Waals surface area (Å²) in [7, 11) is 0. The molecular weight excluding hydrogens is 214 g/mol. The van der Waals surface area contributed by atoms with Gasteiger partial charge in [0.15, 0.2) is 5.82 Å². The summed E-state index contributed by atoms with van der Waals surface area (Å²) >= 11 is 0. The number of anilines is 1. The lowest BCUT2D eigenvalue weighted by Crippen LogP contribution is -2.09. The molecule has 2 aromatic rings. The molecule has 0 aliphatic heterocycles. The Kier molecular flexibility index (Phi) is 3.37. The quantitative estimate of drug-likeness (QED) is 0.846. The zero-order valence-electron chi connectivity index (χ0n) is 10.3. The SMILES string of the molecule is CC(C)Nc1ccc(C(C)c2nn[nH]n2)cc1. The Bertz CT molecular complexity index is 446. The number of aromatic nitrogens is 4. The van der Waals surface area contributed by atoms with Gasteiger partial charge in [-0.2, -0.15) is 5.21 Å². The Morgan fingerprint density at radius 1 is 1.12 bits per heavy atom. The molecule has 0 saturated carbocycles. The van der Waals surface area contributed by atoms with Gasteiger partial charge in [-0.05, 0) is 31.5 Å². The van der Waals surface area contributed by atoms with Gasteiger partial charge in [0.25, 0.3) is 0 Å². The highest BCUT2D eigenvalue weighted by atomic mass is 15.5. The van der Waals surface area contributed by atoms with Crippen molar-refractivity contribution in [3.63, 3.8) is 0 Å². The summed E-state index contributed by atoms with van der Waals surface area (Å²) in [6, 6.07) is 8.77. The van der Waals surface area contributed by atoms with Crippen LogP contribution in [0, 0.1) is 0 Å². The van der Waals surface area contributed by atoms with Gasteiger partial charge in [0, 0.05) is 17.6 Å². The van der Waals surface area contributed by atoms with Gasteiger partial charge in [0.05, 0.1) is 0 Å². The molecule has 1 heterocycles. The summed E-state index contributed by atoms with van der Waals surface area (Å²) in [5.74, 6) is 0.872. The van der Waals surface area contributed by atoms with Gasteiger partial charge in [-0.1, -0.05) is 24.3 Å². The topological polar surface area (TPSA) is 66.5 Å². The molecule has 0 spiro atoms. The molecular formula is C12H17N5. The maximum atomic E-state index is 4.00. The third-order valence-corrected chi connectivity index (χ3v) is 2.62. The molecule has 1 aromatic carbocycles. The first-order valence-corrected chi connectivity index (χ1v) is 5.76. The highest BCUT2D eigenvalue weighted by Gasteiger charge is 2.12. The van der Waals surface area contributed by atoms with Crippen molar-refractivity contribution in [1.29, 1.82) is 0 Å². The van der Waals surface area contributed by atoms with Crippen LogP contribution in [-0.4, -0.2) is 26.7 Å². The fourth-order valence-corrected chi connectivity index (χ4v) is 1.70. The molecule has 0 fully saturated rings. The number of hydrogen-bond acceptors (Lipinski definition) is 4. The van der Waals surface area contributed by atoms with Gasteiger partial charge in [0.1, 0.15) is 0 Å². The highest BCUT2D eigenvalue weighted by Crippen LogP contribution is 2.22. The van der Waals surface area contributed by atoms with Crippen molar-refractivity contribution in [2.24, 2.45) is 0 Å². The van der Waals surface area contributed by atoms with Crippen LogP contribution in [0.5, 0.6) is 0 Å². The smallest absolute Gasteiger partial charge is 0.181 e. The van der Waals surface area contributed by atoms with Gasteiger partial charge < -0.3 is 5.32 Å². The van der Waals surface area contributed by atoms with E-state index in [0.717, 1.165) is 11.5 Å². The lowest BCUT2D eigenvalue weighted by atomic mass is 10.0. The van der Waals surface area contributed by atoms with Crippen molar-refractivity contribution < 1.29 is 0 Å². The third kappa shape index (κ3) is 2.81. The number of tetrazole rings is 1. The second-order valence-corrected chi connectivity index (χ2v) is 4.41. The van der Waals surface area contributed by atoms with E-state index >= 15 is 0 Å². The number of benzene rings is 1. The standard InChI is InChI=1S/C12H17N5/c1-8(2)13-11-6-4-10(5-7-11)9(3)12-14-16-17-15-12/h4-9,13H,1-3H3,(H,14,15,16,17). The van der Waals surface area contributed by atoms with E-state index in [0.29, 0.717) is 6.04 Å². The van der Waals surface area contributed by atoms with Crippen LogP contribution < -0.4 is 5.32 Å². The first kappa shape index (κ1) is 11.6. The van der Waals surface area contributed by atoms with E-state index in [4.69, 9.17) is 0 Å². The van der Waals surface area contributed by atoms with E-state index in [-0.39, 0.29) is 5.92 Å². The molecule has 0 aliphatic rings. The van der Waals surface area contributed by atoms with E-state index in [2.05, 4.69) is 71.0 Å². The number of nitrogens with zero attached hydrogens (tertiary/aromatic N) is 3. The molecule has 2 N–H and O–H groups in total. The average Bonchev–Trinajstić information content (AvgIpc) is 2.82. The van der Waals surface area contributed by atoms with Crippen LogP contribution in [0.4, 0.5) is 5.69 Å². The van der Waals surface area contributed by atoms with Gasteiger partial charge in [-0.25, -0.2) is 0 Å². The van der Waals surface area contributed by atoms with Crippen molar-refractivity contribution in [3.05, 3.63) is 35.7 Å². The van der Waals surface area contributed by atoms with Crippen LogP contribution in [-0.2, 0) is 0 Å². The number of H-pyrrole nitrogens is 1.